The number of benzene rings is 1. The Morgan fingerprint density at radius 3 is 2.62 bits per heavy atom. The van der Waals surface area contributed by atoms with E-state index in [1.165, 1.54) is 12.1 Å². The van der Waals surface area contributed by atoms with Crippen LogP contribution in [0.1, 0.15) is 33.1 Å². The van der Waals surface area contributed by atoms with E-state index in [4.69, 9.17) is 9.84 Å². The molecule has 0 radical (unpaired) electrons. The SMILES string of the molecule is CCC(C)C(NC(=O)CCCOc1ccccc1[N+](=O)[O-])C(=O)O. The fourth-order valence-electron chi connectivity index (χ4n) is 2.07. The number of nitrogens with zero attached hydrogens (tertiary/aromatic N) is 1. The Bertz CT molecular complexity index is 590. The number of carbonyl (C=O) groups excluding carboxylic acids is 1. The summed E-state index contributed by atoms with van der Waals surface area (Å²) in [5.41, 5.74) is -0.135. The largest absolute Gasteiger partial charge is 0.487 e. The van der Waals surface area contributed by atoms with Crippen molar-refractivity contribution in [2.24, 2.45) is 5.92 Å². The average molecular weight is 338 g/mol. The van der Waals surface area contributed by atoms with Gasteiger partial charge in [-0.1, -0.05) is 32.4 Å². The molecule has 8 heteroatoms. The van der Waals surface area contributed by atoms with Crippen molar-refractivity contribution in [1.29, 1.82) is 0 Å². The third-order valence-corrected chi connectivity index (χ3v) is 3.66. The summed E-state index contributed by atoms with van der Waals surface area (Å²) in [7, 11) is 0. The fourth-order valence-corrected chi connectivity index (χ4v) is 2.07. The lowest BCUT2D eigenvalue weighted by Gasteiger charge is -2.20. The molecule has 0 aliphatic heterocycles. The maximum absolute atomic E-state index is 11.8. The van der Waals surface area contributed by atoms with Crippen molar-refractivity contribution in [2.45, 2.75) is 39.2 Å². The van der Waals surface area contributed by atoms with Crippen LogP contribution in [-0.2, 0) is 9.59 Å². The van der Waals surface area contributed by atoms with E-state index >= 15 is 0 Å². The topological polar surface area (TPSA) is 119 Å². The van der Waals surface area contributed by atoms with Gasteiger partial charge in [-0.3, -0.25) is 14.9 Å². The number of carboxylic acids is 1. The van der Waals surface area contributed by atoms with E-state index in [9.17, 15) is 19.7 Å². The van der Waals surface area contributed by atoms with Crippen molar-refractivity contribution in [3.05, 3.63) is 34.4 Å². The molecule has 1 amide bonds. The van der Waals surface area contributed by atoms with E-state index < -0.39 is 16.9 Å². The molecule has 0 bridgehead atoms. The summed E-state index contributed by atoms with van der Waals surface area (Å²) in [4.78, 5) is 33.3. The first kappa shape index (κ1) is 19.4. The maximum Gasteiger partial charge on any atom is 0.326 e. The van der Waals surface area contributed by atoms with Crippen LogP contribution in [0, 0.1) is 16.0 Å². The van der Waals surface area contributed by atoms with Crippen LogP contribution >= 0.6 is 0 Å². The predicted molar refractivity (Wildman–Crippen MR) is 86.8 cm³/mol. The number of hydrogen-bond acceptors (Lipinski definition) is 5. The Morgan fingerprint density at radius 1 is 1.38 bits per heavy atom. The Kier molecular flexibility index (Phi) is 7.67. The van der Waals surface area contributed by atoms with Crippen LogP contribution in [0.5, 0.6) is 5.75 Å². The highest BCUT2D eigenvalue weighted by atomic mass is 16.6. The van der Waals surface area contributed by atoms with E-state index in [-0.39, 0.29) is 36.3 Å². The molecule has 132 valence electrons. The number of carboxylic acid groups (broad SMARTS) is 1. The Morgan fingerprint density at radius 2 is 2.04 bits per heavy atom. The first-order chi connectivity index (χ1) is 11.4. The molecule has 24 heavy (non-hydrogen) atoms. The average Bonchev–Trinajstić information content (AvgIpc) is 2.55. The molecule has 0 saturated carbocycles. The molecule has 1 aromatic rings. The van der Waals surface area contributed by atoms with Crippen LogP contribution in [0.3, 0.4) is 0 Å². The summed E-state index contributed by atoms with van der Waals surface area (Å²) in [6, 6.07) is 5.07. The first-order valence-electron chi connectivity index (χ1n) is 7.75. The van der Waals surface area contributed by atoms with Crippen molar-refractivity contribution >= 4 is 17.6 Å². The molecule has 1 rings (SSSR count). The van der Waals surface area contributed by atoms with E-state index in [0.29, 0.717) is 12.8 Å². The van der Waals surface area contributed by atoms with Gasteiger partial charge in [-0.15, -0.1) is 0 Å². The maximum atomic E-state index is 11.8. The number of carbonyl (C=O) groups is 2. The summed E-state index contributed by atoms with van der Waals surface area (Å²) >= 11 is 0. The third kappa shape index (κ3) is 5.86. The number of amides is 1. The number of ether oxygens (including phenoxy) is 1. The van der Waals surface area contributed by atoms with Crippen LogP contribution in [0.4, 0.5) is 5.69 Å². The van der Waals surface area contributed by atoms with Crippen LogP contribution in [0.25, 0.3) is 0 Å². The normalized spacial score (nSPS) is 12.9. The van der Waals surface area contributed by atoms with Crippen molar-refractivity contribution < 1.29 is 24.4 Å². The number of para-hydroxylation sites is 2. The zero-order chi connectivity index (χ0) is 18.1. The van der Waals surface area contributed by atoms with Crippen LogP contribution in [0.15, 0.2) is 24.3 Å². The molecule has 2 atom stereocenters. The van der Waals surface area contributed by atoms with Crippen LogP contribution in [0.2, 0.25) is 0 Å². The molecule has 1 aromatic carbocycles. The quantitative estimate of drug-likeness (QED) is 0.384. The summed E-state index contributed by atoms with van der Waals surface area (Å²) in [5, 5.41) is 22.5. The minimum atomic E-state index is -1.06. The van der Waals surface area contributed by atoms with Gasteiger partial charge >= 0.3 is 11.7 Å². The molecule has 0 aromatic heterocycles. The smallest absolute Gasteiger partial charge is 0.326 e. The minimum absolute atomic E-state index is 0.0842. The van der Waals surface area contributed by atoms with Gasteiger partial charge < -0.3 is 15.2 Å². The molecule has 8 nitrogen and oxygen atoms in total. The van der Waals surface area contributed by atoms with Gasteiger partial charge in [-0.05, 0) is 18.4 Å². The molecular formula is C16H22N2O6. The number of nitrogens with one attached hydrogen (secondary N) is 1. The van der Waals surface area contributed by atoms with Crippen molar-refractivity contribution in [1.82, 2.24) is 5.32 Å². The van der Waals surface area contributed by atoms with Gasteiger partial charge in [0.05, 0.1) is 11.5 Å². The highest BCUT2D eigenvalue weighted by Crippen LogP contribution is 2.25. The van der Waals surface area contributed by atoms with Gasteiger partial charge in [-0.25, -0.2) is 4.79 Å². The summed E-state index contributed by atoms with van der Waals surface area (Å²) in [5.74, 6) is -1.47. The zero-order valence-corrected chi connectivity index (χ0v) is 13.7. The highest BCUT2D eigenvalue weighted by molar-refractivity contribution is 5.83. The summed E-state index contributed by atoms with van der Waals surface area (Å²) in [6.07, 6.45) is 1.05. The van der Waals surface area contributed by atoms with Gasteiger partial charge in [0, 0.05) is 12.5 Å². The molecule has 0 saturated heterocycles. The second-order valence-electron chi connectivity index (χ2n) is 5.45. The van der Waals surface area contributed by atoms with E-state index in [2.05, 4.69) is 5.32 Å². The van der Waals surface area contributed by atoms with Crippen molar-refractivity contribution in [3.63, 3.8) is 0 Å². The molecule has 0 heterocycles. The van der Waals surface area contributed by atoms with Crippen LogP contribution in [-0.4, -0.2) is 34.6 Å². The monoisotopic (exact) mass is 338 g/mol. The lowest BCUT2D eigenvalue weighted by atomic mass is 9.99. The molecular weight excluding hydrogens is 316 g/mol. The van der Waals surface area contributed by atoms with E-state index in [0.717, 1.165) is 0 Å². The van der Waals surface area contributed by atoms with Gasteiger partial charge in [0.2, 0.25) is 5.91 Å². The standard InChI is InChI=1S/C16H22N2O6/c1-3-11(2)15(16(20)21)17-14(19)9-6-10-24-13-8-5-4-7-12(13)18(22)23/h4-5,7-8,11,15H,3,6,9-10H2,1-2H3,(H,17,19)(H,20,21). The lowest BCUT2D eigenvalue weighted by Crippen LogP contribution is -2.45. The second kappa shape index (κ2) is 9.49. The number of hydrogen-bond donors (Lipinski definition) is 2. The van der Waals surface area contributed by atoms with Gasteiger partial charge in [-0.2, -0.15) is 0 Å². The van der Waals surface area contributed by atoms with Gasteiger partial charge in [0.15, 0.2) is 5.75 Å². The number of aliphatic carboxylic acids is 1. The van der Waals surface area contributed by atoms with E-state index in [1.807, 2.05) is 6.92 Å². The molecule has 2 N–H and O–H groups in total. The highest BCUT2D eigenvalue weighted by Gasteiger charge is 2.25. The second-order valence-corrected chi connectivity index (χ2v) is 5.45. The summed E-state index contributed by atoms with van der Waals surface area (Å²) < 4.78 is 5.33. The number of nitro groups is 1. The molecule has 0 aliphatic carbocycles. The zero-order valence-electron chi connectivity index (χ0n) is 13.7. The van der Waals surface area contributed by atoms with Gasteiger partial charge in [0.1, 0.15) is 6.04 Å². The minimum Gasteiger partial charge on any atom is -0.487 e. The van der Waals surface area contributed by atoms with Crippen molar-refractivity contribution in [3.8, 4) is 5.75 Å². The van der Waals surface area contributed by atoms with Crippen LogP contribution < -0.4 is 10.1 Å². The molecule has 0 spiro atoms. The fraction of sp³-hybridized carbons (Fsp3) is 0.500. The third-order valence-electron chi connectivity index (χ3n) is 3.66. The Labute approximate surface area is 140 Å². The lowest BCUT2D eigenvalue weighted by molar-refractivity contribution is -0.385. The van der Waals surface area contributed by atoms with Gasteiger partial charge in [0.25, 0.3) is 0 Å². The molecule has 0 fully saturated rings. The molecule has 2 unspecified atom stereocenters. The number of nitro benzene ring substituents is 1. The first-order valence-corrected chi connectivity index (χ1v) is 7.75. The number of rotatable bonds is 10. The molecule has 0 aliphatic rings. The van der Waals surface area contributed by atoms with E-state index in [1.54, 1.807) is 19.1 Å². The summed E-state index contributed by atoms with van der Waals surface area (Å²) in [6.45, 7) is 3.74. The Balaban J connectivity index is 2.44. The predicted octanol–water partition coefficient (Wildman–Crippen LogP) is 2.37. The van der Waals surface area contributed by atoms with Crippen molar-refractivity contribution in [2.75, 3.05) is 6.61 Å². The Hall–Kier alpha value is -2.64.